The van der Waals surface area contributed by atoms with Crippen LogP contribution in [-0.2, 0) is 11.3 Å². The first-order chi connectivity index (χ1) is 10.0. The quantitative estimate of drug-likeness (QED) is 0.828. The van der Waals surface area contributed by atoms with Gasteiger partial charge in [0.1, 0.15) is 5.75 Å². The topological polar surface area (TPSA) is 75.8 Å². The SMILES string of the molecule is CN(CC1(O)CCCC1)C(=O)COc1ccccc1CN. The number of para-hydroxylation sites is 1. The van der Waals surface area contributed by atoms with Gasteiger partial charge in [-0.3, -0.25) is 4.79 Å². The maximum absolute atomic E-state index is 12.1. The summed E-state index contributed by atoms with van der Waals surface area (Å²) < 4.78 is 5.56. The van der Waals surface area contributed by atoms with Crippen molar-refractivity contribution in [3.8, 4) is 5.75 Å². The Morgan fingerprint density at radius 3 is 2.71 bits per heavy atom. The molecule has 0 aliphatic heterocycles. The van der Waals surface area contributed by atoms with Crippen molar-refractivity contribution < 1.29 is 14.6 Å². The summed E-state index contributed by atoms with van der Waals surface area (Å²) in [6.07, 6.45) is 3.58. The van der Waals surface area contributed by atoms with E-state index < -0.39 is 5.60 Å². The van der Waals surface area contributed by atoms with Crippen LogP contribution in [0.1, 0.15) is 31.2 Å². The second-order valence-electron chi connectivity index (χ2n) is 5.78. The number of carbonyl (C=O) groups excluding carboxylic acids is 1. The lowest BCUT2D eigenvalue weighted by Gasteiger charge is -2.28. The summed E-state index contributed by atoms with van der Waals surface area (Å²) in [5.41, 5.74) is 5.79. The van der Waals surface area contributed by atoms with Crippen LogP contribution >= 0.6 is 0 Å². The summed E-state index contributed by atoms with van der Waals surface area (Å²) in [6, 6.07) is 7.42. The van der Waals surface area contributed by atoms with Crippen LogP contribution in [0.25, 0.3) is 0 Å². The average molecular weight is 292 g/mol. The lowest BCUT2D eigenvalue weighted by Crippen LogP contribution is -2.43. The van der Waals surface area contributed by atoms with Crippen molar-refractivity contribution in [2.75, 3.05) is 20.2 Å². The van der Waals surface area contributed by atoms with Gasteiger partial charge < -0.3 is 20.5 Å². The zero-order valence-electron chi connectivity index (χ0n) is 12.5. The van der Waals surface area contributed by atoms with Crippen LogP contribution in [0.15, 0.2) is 24.3 Å². The Labute approximate surface area is 125 Å². The number of benzene rings is 1. The van der Waals surface area contributed by atoms with E-state index in [9.17, 15) is 9.90 Å². The number of ether oxygens (including phenoxy) is 1. The van der Waals surface area contributed by atoms with Gasteiger partial charge in [-0.25, -0.2) is 0 Å². The highest BCUT2D eigenvalue weighted by Crippen LogP contribution is 2.29. The molecule has 0 radical (unpaired) electrons. The number of hydrogen-bond donors (Lipinski definition) is 2. The van der Waals surface area contributed by atoms with Crippen LogP contribution in [0.5, 0.6) is 5.75 Å². The highest BCUT2D eigenvalue weighted by atomic mass is 16.5. The normalized spacial score (nSPS) is 16.7. The molecule has 1 aliphatic rings. The van der Waals surface area contributed by atoms with Gasteiger partial charge in [0.05, 0.1) is 5.60 Å². The first-order valence-corrected chi connectivity index (χ1v) is 7.41. The maximum Gasteiger partial charge on any atom is 0.260 e. The second-order valence-corrected chi connectivity index (χ2v) is 5.78. The smallest absolute Gasteiger partial charge is 0.260 e. The van der Waals surface area contributed by atoms with E-state index in [-0.39, 0.29) is 12.5 Å². The lowest BCUT2D eigenvalue weighted by molar-refractivity contribution is -0.135. The molecule has 2 rings (SSSR count). The molecule has 0 atom stereocenters. The van der Waals surface area contributed by atoms with Crippen molar-refractivity contribution in [2.45, 2.75) is 37.8 Å². The Morgan fingerprint density at radius 1 is 1.38 bits per heavy atom. The first-order valence-electron chi connectivity index (χ1n) is 7.41. The molecule has 0 unspecified atom stereocenters. The molecular weight excluding hydrogens is 268 g/mol. The summed E-state index contributed by atoms with van der Waals surface area (Å²) in [5, 5.41) is 10.3. The number of carbonyl (C=O) groups is 1. The molecule has 1 aliphatic carbocycles. The van der Waals surface area contributed by atoms with E-state index in [0.29, 0.717) is 18.8 Å². The van der Waals surface area contributed by atoms with Gasteiger partial charge in [0.25, 0.3) is 5.91 Å². The molecule has 0 saturated heterocycles. The van der Waals surface area contributed by atoms with Crippen molar-refractivity contribution in [3.63, 3.8) is 0 Å². The molecule has 0 heterocycles. The van der Waals surface area contributed by atoms with Crippen LogP contribution in [0.2, 0.25) is 0 Å². The molecule has 5 heteroatoms. The van der Waals surface area contributed by atoms with Crippen molar-refractivity contribution in [2.24, 2.45) is 5.73 Å². The third-order valence-electron chi connectivity index (χ3n) is 4.04. The van der Waals surface area contributed by atoms with Crippen molar-refractivity contribution in [3.05, 3.63) is 29.8 Å². The number of hydrogen-bond acceptors (Lipinski definition) is 4. The standard InChI is InChI=1S/C16H24N2O3/c1-18(12-16(20)8-4-5-9-16)15(19)11-21-14-7-3-2-6-13(14)10-17/h2-3,6-7,20H,4-5,8-12,17H2,1H3. The molecule has 116 valence electrons. The van der Waals surface area contributed by atoms with Gasteiger partial charge in [-0.2, -0.15) is 0 Å². The zero-order chi connectivity index (χ0) is 15.3. The highest BCUT2D eigenvalue weighted by Gasteiger charge is 2.33. The third kappa shape index (κ3) is 4.19. The number of likely N-dealkylation sites (N-methyl/N-ethyl adjacent to an activating group) is 1. The van der Waals surface area contributed by atoms with Gasteiger partial charge in [0.2, 0.25) is 0 Å². The number of nitrogens with two attached hydrogens (primary N) is 1. The fourth-order valence-electron chi connectivity index (χ4n) is 2.78. The molecule has 21 heavy (non-hydrogen) atoms. The number of rotatable bonds is 6. The largest absolute Gasteiger partial charge is 0.483 e. The summed E-state index contributed by atoms with van der Waals surface area (Å²) >= 11 is 0. The number of aliphatic hydroxyl groups is 1. The number of nitrogens with zero attached hydrogens (tertiary/aromatic N) is 1. The summed E-state index contributed by atoms with van der Waals surface area (Å²) in [6.45, 7) is 0.706. The molecule has 1 saturated carbocycles. The van der Waals surface area contributed by atoms with Crippen molar-refractivity contribution in [1.29, 1.82) is 0 Å². The van der Waals surface area contributed by atoms with Gasteiger partial charge in [-0.15, -0.1) is 0 Å². The molecule has 1 aromatic carbocycles. The van der Waals surface area contributed by atoms with E-state index in [1.54, 1.807) is 18.0 Å². The maximum atomic E-state index is 12.1. The third-order valence-corrected chi connectivity index (χ3v) is 4.04. The fraction of sp³-hybridized carbons (Fsp3) is 0.562. The van der Waals surface area contributed by atoms with E-state index >= 15 is 0 Å². The minimum absolute atomic E-state index is 0.0381. The van der Waals surface area contributed by atoms with Crippen molar-refractivity contribution in [1.82, 2.24) is 4.90 Å². The van der Waals surface area contributed by atoms with Crippen LogP contribution in [0.4, 0.5) is 0 Å². The van der Waals surface area contributed by atoms with E-state index in [1.807, 2.05) is 18.2 Å². The Hall–Kier alpha value is -1.59. The lowest BCUT2D eigenvalue weighted by atomic mass is 10.0. The summed E-state index contributed by atoms with van der Waals surface area (Å²) in [5.74, 6) is 0.503. The summed E-state index contributed by atoms with van der Waals surface area (Å²) in [7, 11) is 1.71. The molecule has 0 bridgehead atoms. The highest BCUT2D eigenvalue weighted by molar-refractivity contribution is 5.77. The molecular formula is C16H24N2O3. The Bertz CT molecular complexity index is 484. The molecule has 5 nitrogen and oxygen atoms in total. The van der Waals surface area contributed by atoms with Crippen LogP contribution < -0.4 is 10.5 Å². The second kappa shape index (κ2) is 6.91. The van der Waals surface area contributed by atoms with Gasteiger partial charge in [0, 0.05) is 25.7 Å². The minimum Gasteiger partial charge on any atom is -0.483 e. The monoisotopic (exact) mass is 292 g/mol. The summed E-state index contributed by atoms with van der Waals surface area (Å²) in [4.78, 5) is 13.7. The molecule has 1 aromatic rings. The van der Waals surface area contributed by atoms with Gasteiger partial charge >= 0.3 is 0 Å². The Kier molecular flexibility index (Phi) is 5.20. The van der Waals surface area contributed by atoms with Gasteiger partial charge in [0.15, 0.2) is 6.61 Å². The van der Waals surface area contributed by atoms with Crippen LogP contribution in [0, 0.1) is 0 Å². The van der Waals surface area contributed by atoms with E-state index in [2.05, 4.69) is 0 Å². The Balaban J connectivity index is 1.86. The average Bonchev–Trinajstić information content (AvgIpc) is 2.91. The van der Waals surface area contributed by atoms with E-state index in [0.717, 1.165) is 31.2 Å². The van der Waals surface area contributed by atoms with Gasteiger partial charge in [-0.05, 0) is 18.9 Å². The molecule has 0 aromatic heterocycles. The molecule has 0 spiro atoms. The van der Waals surface area contributed by atoms with Crippen LogP contribution in [-0.4, -0.2) is 41.7 Å². The van der Waals surface area contributed by atoms with E-state index in [1.165, 1.54) is 0 Å². The van der Waals surface area contributed by atoms with E-state index in [4.69, 9.17) is 10.5 Å². The molecule has 3 N–H and O–H groups in total. The zero-order valence-corrected chi connectivity index (χ0v) is 12.5. The van der Waals surface area contributed by atoms with Crippen LogP contribution in [0.3, 0.4) is 0 Å². The molecule has 1 amide bonds. The fourth-order valence-corrected chi connectivity index (χ4v) is 2.78. The molecule has 1 fully saturated rings. The predicted molar refractivity (Wildman–Crippen MR) is 80.9 cm³/mol. The number of amides is 1. The minimum atomic E-state index is -0.723. The van der Waals surface area contributed by atoms with Gasteiger partial charge in [-0.1, -0.05) is 31.0 Å². The Morgan fingerprint density at radius 2 is 2.05 bits per heavy atom. The van der Waals surface area contributed by atoms with Crippen molar-refractivity contribution >= 4 is 5.91 Å². The predicted octanol–water partition coefficient (Wildman–Crippen LogP) is 1.29. The first kappa shape index (κ1) is 15.8.